The van der Waals surface area contributed by atoms with Crippen molar-refractivity contribution in [2.24, 2.45) is 11.3 Å². The van der Waals surface area contributed by atoms with Gasteiger partial charge < -0.3 is 0 Å². The van der Waals surface area contributed by atoms with E-state index in [1.807, 2.05) is 0 Å². The van der Waals surface area contributed by atoms with Gasteiger partial charge >= 0.3 is 0 Å². The Morgan fingerprint density at radius 1 is 1.04 bits per heavy atom. The number of rotatable bonds is 8. The summed E-state index contributed by atoms with van der Waals surface area (Å²) in [6.45, 7) is 15.8. The molecule has 0 radical (unpaired) electrons. The van der Waals surface area contributed by atoms with Gasteiger partial charge in [-0.25, -0.2) is 0 Å². The van der Waals surface area contributed by atoms with Crippen LogP contribution in [0.1, 0.15) is 84.1 Å². The van der Waals surface area contributed by atoms with Crippen LogP contribution in [0.3, 0.4) is 0 Å². The van der Waals surface area contributed by atoms with Gasteiger partial charge in [-0.3, -0.25) is 0 Å². The van der Waals surface area contributed by atoms with Crippen LogP contribution in [0.15, 0.2) is 71.9 Å². The molecular weight excluding hydrogens is 336 g/mol. The number of hydrogen-bond donors (Lipinski definition) is 0. The average molecular weight is 375 g/mol. The molecule has 0 nitrogen and oxygen atoms in total. The molecule has 0 N–H and O–H groups in total. The molecule has 1 aromatic carbocycles. The second-order valence-corrected chi connectivity index (χ2v) is 9.78. The van der Waals surface area contributed by atoms with Crippen molar-refractivity contribution in [3.05, 3.63) is 77.4 Å². The van der Waals surface area contributed by atoms with Crippen LogP contribution in [0.4, 0.5) is 0 Å². The zero-order chi connectivity index (χ0) is 20.1. The summed E-state index contributed by atoms with van der Waals surface area (Å²) in [5.41, 5.74) is 8.64. The highest BCUT2D eigenvalue weighted by molar-refractivity contribution is 5.64. The summed E-state index contributed by atoms with van der Waals surface area (Å²) in [4.78, 5) is 0. The van der Waals surface area contributed by atoms with Gasteiger partial charge in [0.1, 0.15) is 0 Å². The van der Waals surface area contributed by atoms with Crippen molar-refractivity contribution in [1.82, 2.24) is 0 Å². The van der Waals surface area contributed by atoms with Crippen LogP contribution in [0.25, 0.3) is 5.57 Å². The molecule has 3 rings (SSSR count). The molecule has 0 amide bonds. The first-order valence-electron chi connectivity index (χ1n) is 11.1. The molecule has 1 saturated carbocycles. The largest absolute Gasteiger partial charge is 0.0990 e. The zero-order valence-electron chi connectivity index (χ0n) is 18.3. The Balaban J connectivity index is 1.54. The smallest absolute Gasteiger partial charge is 0.00962 e. The van der Waals surface area contributed by atoms with Gasteiger partial charge in [-0.15, -0.1) is 0 Å². The molecule has 2 aliphatic rings. The minimum absolute atomic E-state index is 0.0633. The van der Waals surface area contributed by atoms with Gasteiger partial charge in [-0.05, 0) is 55.1 Å². The summed E-state index contributed by atoms with van der Waals surface area (Å²) in [5.74, 6) is 0.931. The Morgan fingerprint density at radius 3 is 2.39 bits per heavy atom. The highest BCUT2D eigenvalue weighted by atomic mass is 14.3. The normalized spacial score (nSPS) is 18.3. The standard InChI is InChI=1S/C28H38/c1-21-16-25(19-27(21)18-24-12-8-6-9-13-24)17-23(3)28(4,5)20-22(2)26-14-10-7-11-15-26/h7,10-11,14-16,24H,2-3,6,8-9,12-13,17-20H2,1,4-5H3. The molecule has 0 aromatic heterocycles. The quantitative estimate of drug-likeness (QED) is 0.399. The van der Waals surface area contributed by atoms with Crippen molar-refractivity contribution >= 4 is 5.57 Å². The molecule has 0 atom stereocenters. The van der Waals surface area contributed by atoms with Crippen LogP contribution in [0.5, 0.6) is 0 Å². The lowest BCUT2D eigenvalue weighted by atomic mass is 9.75. The van der Waals surface area contributed by atoms with Crippen LogP contribution in [-0.4, -0.2) is 0 Å². The fraction of sp³-hybridized carbons (Fsp3) is 0.500. The first-order chi connectivity index (χ1) is 13.3. The van der Waals surface area contributed by atoms with E-state index in [-0.39, 0.29) is 5.41 Å². The topological polar surface area (TPSA) is 0 Å². The van der Waals surface area contributed by atoms with E-state index in [2.05, 4.69) is 70.3 Å². The molecule has 0 bridgehead atoms. The first-order valence-corrected chi connectivity index (χ1v) is 11.1. The van der Waals surface area contributed by atoms with E-state index in [0.29, 0.717) is 0 Å². The number of benzene rings is 1. The predicted molar refractivity (Wildman–Crippen MR) is 124 cm³/mol. The van der Waals surface area contributed by atoms with E-state index in [1.54, 1.807) is 11.1 Å². The molecule has 2 aliphatic carbocycles. The monoisotopic (exact) mass is 374 g/mol. The van der Waals surface area contributed by atoms with Crippen LogP contribution in [-0.2, 0) is 0 Å². The van der Waals surface area contributed by atoms with Crippen molar-refractivity contribution in [1.29, 1.82) is 0 Å². The van der Waals surface area contributed by atoms with Gasteiger partial charge in [0.05, 0.1) is 0 Å². The molecule has 0 unspecified atom stereocenters. The maximum atomic E-state index is 4.50. The Hall–Kier alpha value is -1.82. The molecular formula is C28H38. The van der Waals surface area contributed by atoms with E-state index in [1.165, 1.54) is 67.2 Å². The van der Waals surface area contributed by atoms with E-state index < -0.39 is 0 Å². The predicted octanol–water partition coefficient (Wildman–Crippen LogP) is 8.68. The molecule has 0 saturated heterocycles. The van der Waals surface area contributed by atoms with Gasteiger partial charge in [0.2, 0.25) is 0 Å². The summed E-state index contributed by atoms with van der Waals surface area (Å²) in [5, 5.41) is 0. The molecule has 28 heavy (non-hydrogen) atoms. The molecule has 0 spiro atoms. The van der Waals surface area contributed by atoms with Crippen LogP contribution < -0.4 is 0 Å². The fourth-order valence-corrected chi connectivity index (χ4v) is 4.91. The minimum atomic E-state index is 0.0633. The second kappa shape index (κ2) is 9.12. The zero-order valence-corrected chi connectivity index (χ0v) is 18.3. The molecule has 1 aromatic rings. The van der Waals surface area contributed by atoms with E-state index >= 15 is 0 Å². The average Bonchev–Trinajstić information content (AvgIpc) is 3.01. The third kappa shape index (κ3) is 5.37. The number of allylic oxidation sites excluding steroid dienone is 6. The van der Waals surface area contributed by atoms with Crippen molar-refractivity contribution in [3.8, 4) is 0 Å². The van der Waals surface area contributed by atoms with Gasteiger partial charge in [-0.2, -0.15) is 0 Å². The summed E-state index contributed by atoms with van der Waals surface area (Å²) >= 11 is 0. The molecule has 0 heteroatoms. The lowest BCUT2D eigenvalue weighted by Crippen LogP contribution is -2.15. The Morgan fingerprint density at radius 2 is 1.71 bits per heavy atom. The third-order valence-electron chi connectivity index (χ3n) is 6.91. The summed E-state index contributed by atoms with van der Waals surface area (Å²) in [6.07, 6.45) is 14.1. The Bertz CT molecular complexity index is 764. The fourth-order valence-electron chi connectivity index (χ4n) is 4.91. The van der Waals surface area contributed by atoms with E-state index in [0.717, 1.165) is 18.8 Å². The maximum Gasteiger partial charge on any atom is -0.00962 e. The van der Waals surface area contributed by atoms with Crippen molar-refractivity contribution in [3.63, 3.8) is 0 Å². The first kappa shape index (κ1) is 20.9. The molecule has 0 heterocycles. The van der Waals surface area contributed by atoms with Crippen molar-refractivity contribution in [2.45, 2.75) is 78.6 Å². The van der Waals surface area contributed by atoms with Crippen LogP contribution >= 0.6 is 0 Å². The lowest BCUT2D eigenvalue weighted by Gasteiger charge is -2.29. The molecule has 1 fully saturated rings. The van der Waals surface area contributed by atoms with E-state index in [9.17, 15) is 0 Å². The highest BCUT2D eigenvalue weighted by Crippen LogP contribution is 2.42. The van der Waals surface area contributed by atoms with E-state index in [4.69, 9.17) is 0 Å². The summed E-state index contributed by atoms with van der Waals surface area (Å²) in [7, 11) is 0. The Kier molecular flexibility index (Phi) is 6.81. The minimum Gasteiger partial charge on any atom is -0.0990 e. The second-order valence-electron chi connectivity index (χ2n) is 9.78. The van der Waals surface area contributed by atoms with Crippen molar-refractivity contribution in [2.75, 3.05) is 0 Å². The SMILES string of the molecule is C=C(CC(C)(C)C(=C)CC1=CC(C)=C(CC2CCCCC2)C1)c1ccccc1. The van der Waals surface area contributed by atoms with Crippen LogP contribution in [0.2, 0.25) is 0 Å². The summed E-state index contributed by atoms with van der Waals surface area (Å²) in [6, 6.07) is 10.6. The highest BCUT2D eigenvalue weighted by Gasteiger charge is 2.26. The van der Waals surface area contributed by atoms with Crippen LogP contribution in [0, 0.1) is 11.3 Å². The van der Waals surface area contributed by atoms with Gasteiger partial charge in [0.25, 0.3) is 0 Å². The number of hydrogen-bond acceptors (Lipinski definition) is 0. The van der Waals surface area contributed by atoms with Gasteiger partial charge in [0, 0.05) is 0 Å². The molecule has 150 valence electrons. The summed E-state index contributed by atoms with van der Waals surface area (Å²) < 4.78 is 0. The Labute approximate surface area is 173 Å². The van der Waals surface area contributed by atoms with Gasteiger partial charge in [0.15, 0.2) is 0 Å². The lowest BCUT2D eigenvalue weighted by molar-refractivity contribution is 0.354. The maximum absolute atomic E-state index is 4.50. The molecule has 0 aliphatic heterocycles. The van der Waals surface area contributed by atoms with Crippen molar-refractivity contribution < 1.29 is 0 Å². The third-order valence-corrected chi connectivity index (χ3v) is 6.91. The van der Waals surface area contributed by atoms with Gasteiger partial charge in [-0.1, -0.05) is 118 Å².